The van der Waals surface area contributed by atoms with Gasteiger partial charge in [-0.1, -0.05) is 17.7 Å². The van der Waals surface area contributed by atoms with E-state index in [2.05, 4.69) is 0 Å². The molecule has 1 aromatic carbocycles. The number of halogens is 2. The lowest BCUT2D eigenvalue weighted by Gasteiger charge is -2.20. The number of rotatable bonds is 5. The van der Waals surface area contributed by atoms with Gasteiger partial charge < -0.3 is 4.90 Å². The highest BCUT2D eigenvalue weighted by Crippen LogP contribution is 2.29. The molecule has 19 heavy (non-hydrogen) atoms. The molecule has 0 heterocycles. The van der Waals surface area contributed by atoms with Crippen molar-refractivity contribution in [2.45, 2.75) is 26.2 Å². The highest BCUT2D eigenvalue weighted by molar-refractivity contribution is 6.31. The smallest absolute Gasteiger partial charge is 0.224 e. The van der Waals surface area contributed by atoms with Gasteiger partial charge >= 0.3 is 0 Å². The lowest BCUT2D eigenvalue weighted by molar-refractivity contribution is -0.130. The van der Waals surface area contributed by atoms with Gasteiger partial charge in [-0.2, -0.15) is 5.26 Å². The molecule has 0 aliphatic carbocycles. The Morgan fingerprint density at radius 3 is 2.58 bits per heavy atom. The number of nitrogens with zero attached hydrogens (tertiary/aromatic N) is 2. The molecule has 0 aliphatic rings. The van der Waals surface area contributed by atoms with Crippen LogP contribution in [-0.4, -0.2) is 23.9 Å². The number of hydrogen-bond acceptors (Lipinski definition) is 2. The first-order valence-corrected chi connectivity index (χ1v) is 6.54. The number of hydrogen-bond donors (Lipinski definition) is 0. The number of carbonyl (C=O) groups excluding carboxylic acids is 1. The zero-order chi connectivity index (χ0) is 14.4. The van der Waals surface area contributed by atoms with Crippen molar-refractivity contribution in [3.05, 3.63) is 34.6 Å². The summed E-state index contributed by atoms with van der Waals surface area (Å²) < 4.78 is 13.7. The third-order valence-corrected chi connectivity index (χ3v) is 3.33. The molecule has 0 N–H and O–H groups in total. The van der Waals surface area contributed by atoms with Crippen LogP contribution in [0.15, 0.2) is 18.2 Å². The van der Waals surface area contributed by atoms with Crippen LogP contribution >= 0.6 is 11.6 Å². The summed E-state index contributed by atoms with van der Waals surface area (Å²) in [6, 6.07) is 6.20. The summed E-state index contributed by atoms with van der Waals surface area (Å²) in [4.78, 5) is 13.6. The van der Waals surface area contributed by atoms with E-state index in [4.69, 9.17) is 16.9 Å². The van der Waals surface area contributed by atoms with Gasteiger partial charge in [-0.15, -0.1) is 0 Å². The summed E-state index contributed by atoms with van der Waals surface area (Å²) >= 11 is 5.92. The van der Waals surface area contributed by atoms with Crippen molar-refractivity contribution < 1.29 is 9.18 Å². The van der Waals surface area contributed by atoms with Gasteiger partial charge in [0.15, 0.2) is 0 Å². The fourth-order valence-corrected chi connectivity index (χ4v) is 2.23. The summed E-state index contributed by atoms with van der Waals surface area (Å²) in [6.45, 7) is 4.86. The van der Waals surface area contributed by atoms with Crippen LogP contribution in [0.2, 0.25) is 5.02 Å². The summed E-state index contributed by atoms with van der Waals surface area (Å²) in [5.41, 5.74) is 0.104. The Morgan fingerprint density at radius 1 is 1.47 bits per heavy atom. The van der Waals surface area contributed by atoms with E-state index in [-0.39, 0.29) is 22.9 Å². The van der Waals surface area contributed by atoms with Crippen molar-refractivity contribution in [2.24, 2.45) is 0 Å². The largest absolute Gasteiger partial charge is 0.343 e. The number of amides is 1. The van der Waals surface area contributed by atoms with E-state index >= 15 is 0 Å². The molecule has 0 saturated heterocycles. The normalized spacial score (nSPS) is 11.7. The van der Waals surface area contributed by atoms with Crippen LogP contribution in [0.3, 0.4) is 0 Å². The molecule has 1 rings (SSSR count). The van der Waals surface area contributed by atoms with Crippen LogP contribution in [0, 0.1) is 17.1 Å². The lowest BCUT2D eigenvalue weighted by Crippen LogP contribution is -2.31. The van der Waals surface area contributed by atoms with Crippen LogP contribution in [0.4, 0.5) is 4.39 Å². The van der Waals surface area contributed by atoms with E-state index in [9.17, 15) is 9.18 Å². The standard InChI is InChI=1S/C14H16ClFN2O/c1-3-18(4-2)13(19)8-10(9-17)14-11(15)6-5-7-12(14)16/h5-7,10H,3-4,8H2,1-2H3. The van der Waals surface area contributed by atoms with Crippen LogP contribution in [-0.2, 0) is 4.79 Å². The second-order valence-corrected chi connectivity index (χ2v) is 4.49. The van der Waals surface area contributed by atoms with Crippen molar-refractivity contribution in [1.29, 1.82) is 5.26 Å². The van der Waals surface area contributed by atoms with Crippen LogP contribution in [0.25, 0.3) is 0 Å². The minimum absolute atomic E-state index is 0.0567. The molecule has 5 heteroatoms. The Morgan fingerprint density at radius 2 is 2.11 bits per heavy atom. The minimum atomic E-state index is -0.859. The molecule has 102 valence electrons. The SMILES string of the molecule is CCN(CC)C(=O)CC(C#N)c1c(F)cccc1Cl. The lowest BCUT2D eigenvalue weighted by atomic mass is 9.96. The number of benzene rings is 1. The van der Waals surface area contributed by atoms with Gasteiger partial charge in [0.05, 0.1) is 12.0 Å². The zero-order valence-corrected chi connectivity index (χ0v) is 11.7. The molecule has 1 unspecified atom stereocenters. The fourth-order valence-electron chi connectivity index (χ4n) is 1.94. The molecule has 0 bridgehead atoms. The second-order valence-electron chi connectivity index (χ2n) is 4.09. The van der Waals surface area contributed by atoms with E-state index in [1.807, 2.05) is 19.9 Å². The number of nitriles is 1. The predicted molar refractivity (Wildman–Crippen MR) is 72.3 cm³/mol. The third-order valence-electron chi connectivity index (χ3n) is 3.00. The topological polar surface area (TPSA) is 44.1 Å². The fraction of sp³-hybridized carbons (Fsp3) is 0.429. The molecule has 0 spiro atoms. The molecule has 1 amide bonds. The van der Waals surface area contributed by atoms with Crippen LogP contribution in [0.1, 0.15) is 31.7 Å². The Bertz CT molecular complexity index is 474. The maximum atomic E-state index is 13.7. The Hall–Kier alpha value is -1.60. The molecule has 0 fully saturated rings. The monoisotopic (exact) mass is 282 g/mol. The van der Waals surface area contributed by atoms with Crippen molar-refractivity contribution in [2.75, 3.05) is 13.1 Å². The van der Waals surface area contributed by atoms with Gasteiger partial charge in [0.1, 0.15) is 5.82 Å². The van der Waals surface area contributed by atoms with Crippen molar-refractivity contribution in [3.8, 4) is 6.07 Å². The van der Waals surface area contributed by atoms with Gasteiger partial charge in [-0.3, -0.25) is 4.79 Å². The average molecular weight is 283 g/mol. The van der Waals surface area contributed by atoms with E-state index in [1.54, 1.807) is 4.90 Å². The first kappa shape index (κ1) is 15.5. The van der Waals surface area contributed by atoms with E-state index < -0.39 is 11.7 Å². The van der Waals surface area contributed by atoms with Crippen molar-refractivity contribution >= 4 is 17.5 Å². The molecule has 3 nitrogen and oxygen atoms in total. The summed E-state index contributed by atoms with van der Waals surface area (Å²) in [5, 5.41) is 9.34. The highest BCUT2D eigenvalue weighted by Gasteiger charge is 2.23. The van der Waals surface area contributed by atoms with Gasteiger partial charge in [0.2, 0.25) is 5.91 Å². The first-order valence-electron chi connectivity index (χ1n) is 6.16. The zero-order valence-electron chi connectivity index (χ0n) is 11.0. The van der Waals surface area contributed by atoms with Crippen molar-refractivity contribution in [3.63, 3.8) is 0 Å². The minimum Gasteiger partial charge on any atom is -0.343 e. The summed E-state index contributed by atoms with van der Waals surface area (Å²) in [6.07, 6.45) is -0.0567. The van der Waals surface area contributed by atoms with E-state index in [0.29, 0.717) is 13.1 Å². The third kappa shape index (κ3) is 3.68. The molecular weight excluding hydrogens is 267 g/mol. The molecule has 0 radical (unpaired) electrons. The molecule has 0 saturated carbocycles. The highest BCUT2D eigenvalue weighted by atomic mass is 35.5. The second kappa shape index (κ2) is 7.10. The van der Waals surface area contributed by atoms with Gasteiger partial charge in [-0.25, -0.2) is 4.39 Å². The Labute approximate surface area is 117 Å². The molecule has 1 aromatic rings. The maximum absolute atomic E-state index is 13.7. The van der Waals surface area contributed by atoms with Gasteiger partial charge in [-0.05, 0) is 26.0 Å². The summed E-state index contributed by atoms with van der Waals surface area (Å²) in [5.74, 6) is -1.58. The van der Waals surface area contributed by atoms with Crippen LogP contribution in [0.5, 0.6) is 0 Å². The van der Waals surface area contributed by atoms with Gasteiger partial charge in [0.25, 0.3) is 0 Å². The maximum Gasteiger partial charge on any atom is 0.224 e. The quantitative estimate of drug-likeness (QED) is 0.831. The Balaban J connectivity index is 2.97. The molecule has 0 aromatic heterocycles. The molecule has 0 aliphatic heterocycles. The van der Waals surface area contributed by atoms with E-state index in [1.165, 1.54) is 18.2 Å². The molecule has 1 atom stereocenters. The van der Waals surface area contributed by atoms with Crippen molar-refractivity contribution in [1.82, 2.24) is 4.90 Å². The summed E-state index contributed by atoms with van der Waals surface area (Å²) in [7, 11) is 0. The predicted octanol–water partition coefficient (Wildman–Crippen LogP) is 3.34. The van der Waals surface area contributed by atoms with Crippen LogP contribution < -0.4 is 0 Å². The first-order chi connectivity index (χ1) is 9.04. The number of carbonyl (C=O) groups is 1. The van der Waals surface area contributed by atoms with Gasteiger partial charge in [0, 0.05) is 30.1 Å². The average Bonchev–Trinajstić information content (AvgIpc) is 2.38. The molecular formula is C14H16ClFN2O. The van der Waals surface area contributed by atoms with E-state index in [0.717, 1.165) is 0 Å². The Kier molecular flexibility index (Phi) is 5.78.